The first-order valence-corrected chi connectivity index (χ1v) is 8.58. The fourth-order valence-corrected chi connectivity index (χ4v) is 3.86. The van der Waals surface area contributed by atoms with Crippen molar-refractivity contribution in [2.24, 2.45) is 0 Å². The molecule has 0 N–H and O–H groups in total. The van der Waals surface area contributed by atoms with Gasteiger partial charge in [-0.2, -0.15) is 0 Å². The molecule has 2 aromatic rings. The number of fused-ring (bicyclic) bond motifs is 1. The van der Waals surface area contributed by atoms with Gasteiger partial charge in [0.25, 0.3) is 0 Å². The first-order valence-electron chi connectivity index (χ1n) is 8.58. The minimum Gasteiger partial charge on any atom is -0.492 e. The molecule has 1 aliphatic carbocycles. The number of rotatable bonds is 2. The topological polar surface area (TPSA) is 38.3 Å². The molecule has 0 amide bonds. The van der Waals surface area contributed by atoms with Crippen molar-refractivity contribution in [3.05, 3.63) is 42.5 Å². The Bertz CT molecular complexity index is 668. The fourth-order valence-electron chi connectivity index (χ4n) is 3.86. The molecule has 4 rings (SSSR count). The summed E-state index contributed by atoms with van der Waals surface area (Å²) in [6.07, 6.45) is 10.7. The highest BCUT2D eigenvalue weighted by Gasteiger charge is 2.29. The summed E-state index contributed by atoms with van der Waals surface area (Å²) in [6.45, 7) is 4.04. The van der Waals surface area contributed by atoms with Gasteiger partial charge in [0.15, 0.2) is 0 Å². The lowest BCUT2D eigenvalue weighted by Gasteiger charge is -2.32. The Hall–Kier alpha value is -1.94. The highest BCUT2D eigenvalue weighted by atomic mass is 16.5. The Labute approximate surface area is 137 Å². The lowest BCUT2D eigenvalue weighted by Crippen LogP contribution is -2.41. The Balaban J connectivity index is 1.66. The van der Waals surface area contributed by atoms with Crippen molar-refractivity contribution < 1.29 is 4.74 Å². The van der Waals surface area contributed by atoms with Crippen LogP contribution in [0.25, 0.3) is 11.1 Å². The number of nitrogens with zero attached hydrogens (tertiary/aromatic N) is 3. The Morgan fingerprint density at radius 1 is 1.09 bits per heavy atom. The zero-order valence-electron chi connectivity index (χ0n) is 13.6. The molecule has 1 aromatic heterocycles. The molecule has 1 fully saturated rings. The summed E-state index contributed by atoms with van der Waals surface area (Å²) in [5.41, 5.74) is 3.50. The lowest BCUT2D eigenvalue weighted by molar-refractivity contribution is 0.111. The van der Waals surface area contributed by atoms with Gasteiger partial charge < -0.3 is 4.74 Å². The smallest absolute Gasteiger partial charge is 0.123 e. The summed E-state index contributed by atoms with van der Waals surface area (Å²) in [4.78, 5) is 10.9. The Morgan fingerprint density at radius 3 is 2.65 bits per heavy atom. The third-order valence-electron chi connectivity index (χ3n) is 5.15. The molecule has 0 bridgehead atoms. The molecule has 120 valence electrons. The third kappa shape index (κ3) is 2.95. The van der Waals surface area contributed by atoms with Gasteiger partial charge in [-0.25, -0.2) is 9.97 Å². The van der Waals surface area contributed by atoms with E-state index in [2.05, 4.69) is 40.0 Å². The Kier molecular flexibility index (Phi) is 4.00. The number of hydrogen-bond acceptors (Lipinski definition) is 4. The summed E-state index contributed by atoms with van der Waals surface area (Å²) < 4.78 is 6.07. The molecular weight excluding hydrogens is 286 g/mol. The summed E-state index contributed by atoms with van der Waals surface area (Å²) in [5, 5.41) is 0. The number of benzene rings is 1. The molecule has 1 aliphatic heterocycles. The van der Waals surface area contributed by atoms with Crippen molar-refractivity contribution in [1.29, 1.82) is 0 Å². The van der Waals surface area contributed by atoms with Gasteiger partial charge in [0.05, 0.1) is 0 Å². The zero-order valence-corrected chi connectivity index (χ0v) is 13.6. The summed E-state index contributed by atoms with van der Waals surface area (Å²) >= 11 is 0. The van der Waals surface area contributed by atoms with Crippen LogP contribution >= 0.6 is 0 Å². The fraction of sp³-hybridized carbons (Fsp3) is 0.474. The number of hydrogen-bond donors (Lipinski definition) is 0. The quantitative estimate of drug-likeness (QED) is 0.848. The molecule has 0 radical (unpaired) electrons. The molecule has 1 atom stereocenters. The van der Waals surface area contributed by atoms with Crippen molar-refractivity contribution >= 4 is 0 Å². The summed E-state index contributed by atoms with van der Waals surface area (Å²) in [6, 6.07) is 7.63. The van der Waals surface area contributed by atoms with Crippen LogP contribution in [0.4, 0.5) is 0 Å². The second-order valence-electron chi connectivity index (χ2n) is 6.72. The van der Waals surface area contributed by atoms with Gasteiger partial charge in [-0.15, -0.1) is 0 Å². The van der Waals surface area contributed by atoms with Gasteiger partial charge in [-0.3, -0.25) is 4.90 Å². The van der Waals surface area contributed by atoms with E-state index in [1.807, 2.05) is 12.4 Å². The van der Waals surface area contributed by atoms with E-state index in [4.69, 9.17) is 4.74 Å². The van der Waals surface area contributed by atoms with Gasteiger partial charge in [-0.1, -0.05) is 18.9 Å². The van der Waals surface area contributed by atoms with Gasteiger partial charge in [0, 0.05) is 42.1 Å². The molecule has 4 nitrogen and oxygen atoms in total. The van der Waals surface area contributed by atoms with Crippen LogP contribution in [0.1, 0.15) is 38.2 Å². The standard InChI is InChI=1S/C19H23N3O/c1-14-12-23-19-7-6-15(17-9-20-13-21-10-17)8-16(19)11-22(14)18-4-2-3-5-18/h6-10,13-14,18H,2-5,11-12H2,1H3/t14-/m1/s1. The second-order valence-corrected chi connectivity index (χ2v) is 6.72. The van der Waals surface area contributed by atoms with Crippen LogP contribution in [-0.2, 0) is 6.54 Å². The van der Waals surface area contributed by atoms with Crippen LogP contribution in [0.15, 0.2) is 36.9 Å². The van der Waals surface area contributed by atoms with Crippen molar-refractivity contribution in [3.63, 3.8) is 0 Å². The van der Waals surface area contributed by atoms with E-state index in [9.17, 15) is 0 Å². The van der Waals surface area contributed by atoms with E-state index in [0.717, 1.165) is 30.0 Å². The normalized spacial score (nSPS) is 22.4. The molecule has 4 heteroatoms. The van der Waals surface area contributed by atoms with Crippen molar-refractivity contribution in [3.8, 4) is 16.9 Å². The van der Waals surface area contributed by atoms with Crippen LogP contribution in [0.2, 0.25) is 0 Å². The van der Waals surface area contributed by atoms with Crippen LogP contribution in [-0.4, -0.2) is 33.6 Å². The minimum absolute atomic E-state index is 0.467. The van der Waals surface area contributed by atoms with Gasteiger partial charge in [0.2, 0.25) is 0 Å². The van der Waals surface area contributed by atoms with Crippen molar-refractivity contribution in [2.45, 2.75) is 51.2 Å². The van der Waals surface area contributed by atoms with E-state index in [0.29, 0.717) is 12.1 Å². The van der Waals surface area contributed by atoms with Crippen molar-refractivity contribution in [1.82, 2.24) is 14.9 Å². The highest BCUT2D eigenvalue weighted by Crippen LogP contribution is 2.33. The number of ether oxygens (including phenoxy) is 1. The first-order chi connectivity index (χ1) is 11.3. The van der Waals surface area contributed by atoms with Crippen LogP contribution in [0.5, 0.6) is 5.75 Å². The van der Waals surface area contributed by atoms with Crippen LogP contribution in [0.3, 0.4) is 0 Å². The molecule has 2 heterocycles. The molecular formula is C19H23N3O. The van der Waals surface area contributed by atoms with E-state index < -0.39 is 0 Å². The third-order valence-corrected chi connectivity index (χ3v) is 5.15. The predicted octanol–water partition coefficient (Wildman–Crippen LogP) is 3.67. The van der Waals surface area contributed by atoms with Crippen molar-refractivity contribution in [2.75, 3.05) is 6.61 Å². The molecule has 2 aliphatic rings. The largest absolute Gasteiger partial charge is 0.492 e. The molecule has 0 saturated heterocycles. The monoisotopic (exact) mass is 309 g/mol. The number of aromatic nitrogens is 2. The maximum atomic E-state index is 6.07. The minimum atomic E-state index is 0.467. The maximum Gasteiger partial charge on any atom is 0.123 e. The highest BCUT2D eigenvalue weighted by molar-refractivity contribution is 5.64. The molecule has 0 unspecified atom stereocenters. The van der Waals surface area contributed by atoms with Crippen LogP contribution < -0.4 is 4.74 Å². The Morgan fingerprint density at radius 2 is 1.87 bits per heavy atom. The van der Waals surface area contributed by atoms with E-state index in [1.165, 1.54) is 31.2 Å². The maximum absolute atomic E-state index is 6.07. The lowest BCUT2D eigenvalue weighted by atomic mass is 10.0. The SMILES string of the molecule is C[C@@H]1COc2ccc(-c3cncnc3)cc2CN1C1CCCC1. The predicted molar refractivity (Wildman–Crippen MR) is 90.2 cm³/mol. The van der Waals surface area contributed by atoms with E-state index in [1.54, 1.807) is 6.33 Å². The van der Waals surface area contributed by atoms with Crippen LogP contribution in [0, 0.1) is 0 Å². The molecule has 1 saturated carbocycles. The summed E-state index contributed by atoms with van der Waals surface area (Å²) in [5.74, 6) is 1.03. The zero-order chi connectivity index (χ0) is 15.6. The molecule has 1 aromatic carbocycles. The van der Waals surface area contributed by atoms with E-state index >= 15 is 0 Å². The van der Waals surface area contributed by atoms with Gasteiger partial charge >= 0.3 is 0 Å². The second kappa shape index (κ2) is 6.28. The van der Waals surface area contributed by atoms with E-state index in [-0.39, 0.29) is 0 Å². The average Bonchev–Trinajstić information content (AvgIpc) is 3.07. The molecule has 23 heavy (non-hydrogen) atoms. The summed E-state index contributed by atoms with van der Waals surface area (Å²) in [7, 11) is 0. The van der Waals surface area contributed by atoms with Gasteiger partial charge in [0.1, 0.15) is 18.7 Å². The average molecular weight is 309 g/mol. The van der Waals surface area contributed by atoms with Gasteiger partial charge in [-0.05, 0) is 37.5 Å². The molecule has 0 spiro atoms. The first kappa shape index (κ1) is 14.6.